The van der Waals surface area contributed by atoms with E-state index in [4.69, 9.17) is 0 Å². The second-order valence-corrected chi connectivity index (χ2v) is 6.22. The van der Waals surface area contributed by atoms with E-state index in [0.717, 1.165) is 12.8 Å². The standard InChI is InChI=1S/C18H29NO/c1-3-18(20,4-2)14-19-17-13-9-8-12-16(17)15-10-6-5-7-11-15/h5-7,10-11,16-17,19-20H,3-4,8-9,12-14H2,1-2H3. The first-order chi connectivity index (χ1) is 9.68. The Bertz CT molecular complexity index is 386. The van der Waals surface area contributed by atoms with Crippen molar-refractivity contribution in [2.75, 3.05) is 6.54 Å². The van der Waals surface area contributed by atoms with Crippen molar-refractivity contribution in [1.82, 2.24) is 5.32 Å². The van der Waals surface area contributed by atoms with Crippen LogP contribution < -0.4 is 5.32 Å². The fourth-order valence-electron chi connectivity index (χ4n) is 3.30. The van der Waals surface area contributed by atoms with E-state index in [1.165, 1.54) is 31.2 Å². The fourth-order valence-corrected chi connectivity index (χ4v) is 3.30. The highest BCUT2D eigenvalue weighted by Crippen LogP contribution is 2.33. The van der Waals surface area contributed by atoms with Gasteiger partial charge in [-0.2, -0.15) is 0 Å². The lowest BCUT2D eigenvalue weighted by atomic mass is 9.79. The molecule has 1 aromatic rings. The Morgan fingerprint density at radius 2 is 1.75 bits per heavy atom. The molecule has 2 rings (SSSR count). The molecule has 2 N–H and O–H groups in total. The molecule has 1 aromatic carbocycles. The van der Waals surface area contributed by atoms with Crippen molar-refractivity contribution in [2.45, 2.75) is 69.9 Å². The van der Waals surface area contributed by atoms with Crippen LogP contribution in [0, 0.1) is 0 Å². The van der Waals surface area contributed by atoms with E-state index in [9.17, 15) is 5.11 Å². The van der Waals surface area contributed by atoms with Crippen molar-refractivity contribution in [3.8, 4) is 0 Å². The van der Waals surface area contributed by atoms with Gasteiger partial charge in [0.2, 0.25) is 0 Å². The zero-order chi connectivity index (χ0) is 14.4. The van der Waals surface area contributed by atoms with Gasteiger partial charge in [0.25, 0.3) is 0 Å². The Labute approximate surface area is 123 Å². The highest BCUT2D eigenvalue weighted by atomic mass is 16.3. The molecule has 112 valence electrons. The summed E-state index contributed by atoms with van der Waals surface area (Å²) in [5.41, 5.74) is 0.903. The zero-order valence-electron chi connectivity index (χ0n) is 12.9. The van der Waals surface area contributed by atoms with Crippen molar-refractivity contribution in [2.24, 2.45) is 0 Å². The normalized spacial score (nSPS) is 23.8. The van der Waals surface area contributed by atoms with Crippen LogP contribution in [0.4, 0.5) is 0 Å². The van der Waals surface area contributed by atoms with E-state index >= 15 is 0 Å². The van der Waals surface area contributed by atoms with Crippen molar-refractivity contribution in [3.63, 3.8) is 0 Å². The summed E-state index contributed by atoms with van der Waals surface area (Å²) in [6.07, 6.45) is 6.75. The molecule has 0 saturated heterocycles. The lowest BCUT2D eigenvalue weighted by Crippen LogP contribution is -2.46. The maximum Gasteiger partial charge on any atom is 0.0766 e. The minimum Gasteiger partial charge on any atom is -0.389 e. The van der Waals surface area contributed by atoms with E-state index < -0.39 is 5.60 Å². The van der Waals surface area contributed by atoms with Gasteiger partial charge in [0.05, 0.1) is 5.60 Å². The third-order valence-electron chi connectivity index (χ3n) is 5.00. The third-order valence-corrected chi connectivity index (χ3v) is 5.00. The van der Waals surface area contributed by atoms with Crippen molar-refractivity contribution in [1.29, 1.82) is 0 Å². The minimum absolute atomic E-state index is 0.510. The third kappa shape index (κ3) is 3.83. The molecule has 0 bridgehead atoms. The molecule has 0 heterocycles. The number of aliphatic hydroxyl groups is 1. The summed E-state index contributed by atoms with van der Waals surface area (Å²) >= 11 is 0. The van der Waals surface area contributed by atoms with Crippen LogP contribution in [0.5, 0.6) is 0 Å². The molecule has 0 aliphatic heterocycles. The molecular formula is C18H29NO. The van der Waals surface area contributed by atoms with E-state index in [0.29, 0.717) is 18.5 Å². The van der Waals surface area contributed by atoms with E-state index in [2.05, 4.69) is 49.5 Å². The Hall–Kier alpha value is -0.860. The summed E-state index contributed by atoms with van der Waals surface area (Å²) in [6, 6.07) is 11.4. The van der Waals surface area contributed by atoms with Gasteiger partial charge in [-0.05, 0) is 37.2 Å². The van der Waals surface area contributed by atoms with Gasteiger partial charge >= 0.3 is 0 Å². The Kier molecular flexibility index (Phi) is 5.62. The molecule has 1 saturated carbocycles. The van der Waals surface area contributed by atoms with Crippen molar-refractivity contribution < 1.29 is 5.11 Å². The first-order valence-electron chi connectivity index (χ1n) is 8.19. The summed E-state index contributed by atoms with van der Waals surface area (Å²) in [6.45, 7) is 4.86. The average molecular weight is 275 g/mol. The van der Waals surface area contributed by atoms with Crippen LogP contribution in [0.15, 0.2) is 30.3 Å². The number of rotatable bonds is 6. The number of hydrogen-bond acceptors (Lipinski definition) is 2. The van der Waals surface area contributed by atoms with Gasteiger partial charge in [-0.15, -0.1) is 0 Å². The van der Waals surface area contributed by atoms with Gasteiger partial charge in [-0.1, -0.05) is 57.0 Å². The van der Waals surface area contributed by atoms with Crippen LogP contribution in [0.25, 0.3) is 0 Å². The minimum atomic E-state index is -0.543. The molecule has 0 radical (unpaired) electrons. The van der Waals surface area contributed by atoms with Gasteiger partial charge in [0.1, 0.15) is 0 Å². The maximum absolute atomic E-state index is 10.5. The van der Waals surface area contributed by atoms with Crippen LogP contribution in [-0.2, 0) is 0 Å². The van der Waals surface area contributed by atoms with Gasteiger partial charge < -0.3 is 10.4 Å². The van der Waals surface area contributed by atoms with Crippen molar-refractivity contribution >= 4 is 0 Å². The number of nitrogens with one attached hydrogen (secondary N) is 1. The molecule has 0 spiro atoms. The summed E-state index contributed by atoms with van der Waals surface area (Å²) in [5.74, 6) is 0.600. The lowest BCUT2D eigenvalue weighted by molar-refractivity contribution is 0.0277. The second kappa shape index (κ2) is 7.24. The molecule has 1 aliphatic carbocycles. The summed E-state index contributed by atoms with van der Waals surface area (Å²) in [4.78, 5) is 0. The maximum atomic E-state index is 10.5. The first-order valence-corrected chi connectivity index (χ1v) is 8.19. The van der Waals surface area contributed by atoms with Crippen LogP contribution in [-0.4, -0.2) is 23.3 Å². The quantitative estimate of drug-likeness (QED) is 0.826. The largest absolute Gasteiger partial charge is 0.389 e. The fraction of sp³-hybridized carbons (Fsp3) is 0.667. The summed E-state index contributed by atoms with van der Waals surface area (Å²) < 4.78 is 0. The molecule has 2 nitrogen and oxygen atoms in total. The van der Waals surface area contributed by atoms with Crippen molar-refractivity contribution in [3.05, 3.63) is 35.9 Å². The number of benzene rings is 1. The topological polar surface area (TPSA) is 32.3 Å². The van der Waals surface area contributed by atoms with E-state index in [1.54, 1.807) is 0 Å². The summed E-state index contributed by atoms with van der Waals surface area (Å²) in [5, 5.41) is 14.1. The lowest BCUT2D eigenvalue weighted by Gasteiger charge is -2.36. The van der Waals surface area contributed by atoms with Gasteiger partial charge in [0, 0.05) is 12.6 Å². The van der Waals surface area contributed by atoms with Crippen LogP contribution in [0.2, 0.25) is 0 Å². The average Bonchev–Trinajstić information content (AvgIpc) is 2.54. The molecule has 2 heteroatoms. The summed E-state index contributed by atoms with van der Waals surface area (Å²) in [7, 11) is 0. The molecule has 20 heavy (non-hydrogen) atoms. The highest BCUT2D eigenvalue weighted by molar-refractivity contribution is 5.22. The molecule has 0 aromatic heterocycles. The van der Waals surface area contributed by atoms with E-state index in [-0.39, 0.29) is 0 Å². The molecule has 1 aliphatic rings. The number of hydrogen-bond donors (Lipinski definition) is 2. The van der Waals surface area contributed by atoms with Gasteiger partial charge in [-0.25, -0.2) is 0 Å². The zero-order valence-corrected chi connectivity index (χ0v) is 12.9. The van der Waals surface area contributed by atoms with Crippen LogP contribution >= 0.6 is 0 Å². The van der Waals surface area contributed by atoms with Crippen LogP contribution in [0.3, 0.4) is 0 Å². The molecule has 2 unspecified atom stereocenters. The Morgan fingerprint density at radius 3 is 2.40 bits per heavy atom. The van der Waals surface area contributed by atoms with Gasteiger partial charge in [0.15, 0.2) is 0 Å². The Morgan fingerprint density at radius 1 is 1.10 bits per heavy atom. The van der Waals surface area contributed by atoms with Gasteiger partial charge in [-0.3, -0.25) is 0 Å². The Balaban J connectivity index is 2.01. The predicted octanol–water partition coefficient (Wildman–Crippen LogP) is 3.85. The smallest absolute Gasteiger partial charge is 0.0766 e. The molecular weight excluding hydrogens is 246 g/mol. The first kappa shape index (κ1) is 15.5. The van der Waals surface area contributed by atoms with Crippen LogP contribution in [0.1, 0.15) is 63.9 Å². The molecule has 1 fully saturated rings. The van der Waals surface area contributed by atoms with E-state index in [1.807, 2.05) is 0 Å². The SMILES string of the molecule is CCC(O)(CC)CNC1CCCCC1c1ccccc1. The predicted molar refractivity (Wildman–Crippen MR) is 85.0 cm³/mol. The molecule has 2 atom stereocenters. The highest BCUT2D eigenvalue weighted by Gasteiger charge is 2.29. The monoisotopic (exact) mass is 275 g/mol. The molecule has 0 amide bonds. The second-order valence-electron chi connectivity index (χ2n) is 6.22.